The van der Waals surface area contributed by atoms with E-state index in [1.807, 2.05) is 30.3 Å². The molecule has 2 aromatic heterocycles. The highest BCUT2D eigenvalue weighted by molar-refractivity contribution is 5.84. The summed E-state index contributed by atoms with van der Waals surface area (Å²) in [6.45, 7) is 0. The fourth-order valence-corrected chi connectivity index (χ4v) is 2.97. The summed E-state index contributed by atoms with van der Waals surface area (Å²) < 4.78 is 12.4. The van der Waals surface area contributed by atoms with Crippen LogP contribution < -0.4 is 15.4 Å². The Bertz CT molecular complexity index is 1010. The molecule has 3 heterocycles. The van der Waals surface area contributed by atoms with Crippen molar-refractivity contribution >= 4 is 17.9 Å². The smallest absolute Gasteiger partial charge is 0.269 e. The van der Waals surface area contributed by atoms with Gasteiger partial charge in [0.15, 0.2) is 5.76 Å². The molecular weight excluding hydrogens is 358 g/mol. The molecule has 0 saturated carbocycles. The third-order valence-corrected chi connectivity index (χ3v) is 4.26. The molecule has 4 rings (SSSR count). The van der Waals surface area contributed by atoms with Crippen molar-refractivity contribution in [3.63, 3.8) is 0 Å². The molecule has 1 unspecified atom stereocenters. The van der Waals surface area contributed by atoms with Gasteiger partial charge in [0, 0.05) is 18.6 Å². The van der Waals surface area contributed by atoms with Gasteiger partial charge in [-0.3, -0.25) is 4.79 Å². The van der Waals surface area contributed by atoms with Crippen molar-refractivity contribution in [3.8, 4) is 5.75 Å². The number of rotatable bonds is 6. The molecule has 3 aromatic rings. The number of carbonyl (C=O) groups excluding carboxylic acids is 1. The molecule has 8 nitrogen and oxygen atoms in total. The van der Waals surface area contributed by atoms with Crippen LogP contribution in [0.15, 0.2) is 76.6 Å². The lowest BCUT2D eigenvalue weighted by molar-refractivity contribution is -0.123. The van der Waals surface area contributed by atoms with Crippen molar-refractivity contribution in [2.24, 2.45) is 4.99 Å². The number of allylic oxidation sites excluding steroid dienone is 1. The first-order valence-corrected chi connectivity index (χ1v) is 8.70. The fraction of sp³-hybridized carbons (Fsp3) is 0.150. The molecule has 28 heavy (non-hydrogen) atoms. The minimum absolute atomic E-state index is 0.164. The van der Waals surface area contributed by atoms with Crippen LogP contribution in [0.25, 0.3) is 5.82 Å². The Labute approximate surface area is 161 Å². The fourth-order valence-electron chi connectivity index (χ4n) is 2.97. The number of carbonyl (C=O) groups is 1. The zero-order valence-electron chi connectivity index (χ0n) is 15.2. The number of methoxy groups -OCH3 is 1. The van der Waals surface area contributed by atoms with Crippen LogP contribution in [0.4, 0.5) is 0 Å². The van der Waals surface area contributed by atoms with Gasteiger partial charge in [0.2, 0.25) is 5.91 Å². The Morgan fingerprint density at radius 1 is 1.32 bits per heavy atom. The van der Waals surface area contributed by atoms with Gasteiger partial charge in [-0.2, -0.15) is 5.10 Å². The normalized spacial score (nSPS) is 18.2. The van der Waals surface area contributed by atoms with Crippen LogP contribution >= 0.6 is 0 Å². The highest BCUT2D eigenvalue weighted by Crippen LogP contribution is 2.25. The van der Waals surface area contributed by atoms with E-state index in [0.29, 0.717) is 17.3 Å². The van der Waals surface area contributed by atoms with E-state index in [2.05, 4.69) is 20.7 Å². The lowest BCUT2D eigenvalue weighted by Crippen LogP contribution is -2.56. The van der Waals surface area contributed by atoms with Gasteiger partial charge >= 0.3 is 0 Å². The molecule has 1 aliphatic rings. The van der Waals surface area contributed by atoms with Crippen molar-refractivity contribution in [3.05, 3.63) is 78.5 Å². The molecule has 1 amide bonds. The number of amides is 1. The van der Waals surface area contributed by atoms with Crippen LogP contribution in [0.1, 0.15) is 11.3 Å². The van der Waals surface area contributed by atoms with Crippen molar-refractivity contribution in [2.45, 2.75) is 12.2 Å². The SMILES string of the molecule is COc1cccc(CC(=O)NC2(c3ccco3)N=CC=C(n3cccn3)N2)c1. The van der Waals surface area contributed by atoms with E-state index >= 15 is 0 Å². The Kier molecular flexibility index (Phi) is 4.67. The molecule has 0 radical (unpaired) electrons. The van der Waals surface area contributed by atoms with Crippen molar-refractivity contribution in [1.82, 2.24) is 20.4 Å². The summed E-state index contributed by atoms with van der Waals surface area (Å²) >= 11 is 0. The molecule has 0 bridgehead atoms. The number of nitrogens with zero attached hydrogens (tertiary/aromatic N) is 3. The number of nitrogens with one attached hydrogen (secondary N) is 2. The number of benzene rings is 1. The van der Waals surface area contributed by atoms with Crippen molar-refractivity contribution < 1.29 is 13.9 Å². The maximum Gasteiger partial charge on any atom is 0.269 e. The van der Waals surface area contributed by atoms with Crippen LogP contribution in [-0.2, 0) is 17.0 Å². The number of hydrogen-bond donors (Lipinski definition) is 2. The largest absolute Gasteiger partial charge is 0.497 e. The van der Waals surface area contributed by atoms with E-state index in [-0.39, 0.29) is 12.3 Å². The van der Waals surface area contributed by atoms with Crippen LogP contribution in [0.2, 0.25) is 0 Å². The molecule has 1 aromatic carbocycles. The van der Waals surface area contributed by atoms with Crippen LogP contribution in [0.5, 0.6) is 5.75 Å². The molecule has 0 fully saturated rings. The maximum absolute atomic E-state index is 12.8. The van der Waals surface area contributed by atoms with E-state index < -0.39 is 5.79 Å². The van der Waals surface area contributed by atoms with Crippen LogP contribution in [-0.4, -0.2) is 29.0 Å². The van der Waals surface area contributed by atoms with Crippen LogP contribution in [0, 0.1) is 0 Å². The second kappa shape index (κ2) is 7.43. The average molecular weight is 377 g/mol. The van der Waals surface area contributed by atoms with Gasteiger partial charge in [0.05, 0.1) is 19.8 Å². The Balaban J connectivity index is 1.58. The summed E-state index contributed by atoms with van der Waals surface area (Å²) in [6.07, 6.45) is 8.55. The van der Waals surface area contributed by atoms with Gasteiger partial charge in [0.25, 0.3) is 5.79 Å². The van der Waals surface area contributed by atoms with Gasteiger partial charge in [-0.15, -0.1) is 0 Å². The lowest BCUT2D eigenvalue weighted by atomic mass is 10.1. The molecule has 0 saturated heterocycles. The minimum atomic E-state index is -1.27. The van der Waals surface area contributed by atoms with Gasteiger partial charge in [-0.1, -0.05) is 12.1 Å². The van der Waals surface area contributed by atoms with E-state index in [0.717, 1.165) is 5.56 Å². The summed E-state index contributed by atoms with van der Waals surface area (Å²) in [5, 5.41) is 10.4. The summed E-state index contributed by atoms with van der Waals surface area (Å²) in [5.74, 6) is 0.313. The molecule has 0 spiro atoms. The first kappa shape index (κ1) is 17.6. The third-order valence-electron chi connectivity index (χ3n) is 4.26. The lowest BCUT2D eigenvalue weighted by Gasteiger charge is -2.33. The van der Waals surface area contributed by atoms with Gasteiger partial charge in [-0.05, 0) is 42.0 Å². The predicted molar refractivity (Wildman–Crippen MR) is 103 cm³/mol. The summed E-state index contributed by atoms with van der Waals surface area (Å²) in [6, 6.07) is 12.7. The van der Waals surface area contributed by atoms with Gasteiger partial charge < -0.3 is 19.8 Å². The number of hydrogen-bond acceptors (Lipinski definition) is 6. The first-order chi connectivity index (χ1) is 13.7. The zero-order valence-corrected chi connectivity index (χ0v) is 15.2. The number of ether oxygens (including phenoxy) is 1. The maximum atomic E-state index is 12.8. The third kappa shape index (κ3) is 3.52. The van der Waals surface area contributed by atoms with E-state index in [1.165, 1.54) is 6.26 Å². The van der Waals surface area contributed by atoms with Crippen molar-refractivity contribution in [2.75, 3.05) is 7.11 Å². The van der Waals surface area contributed by atoms with E-state index in [9.17, 15) is 4.79 Å². The molecule has 0 aliphatic carbocycles. The Hall–Kier alpha value is -3.81. The van der Waals surface area contributed by atoms with E-state index in [4.69, 9.17) is 9.15 Å². The molecule has 2 N–H and O–H groups in total. The topological polar surface area (TPSA) is 93.7 Å². The van der Waals surface area contributed by atoms with E-state index in [1.54, 1.807) is 48.6 Å². The Morgan fingerprint density at radius 3 is 3.00 bits per heavy atom. The summed E-state index contributed by atoms with van der Waals surface area (Å²) in [5.41, 5.74) is 0.828. The van der Waals surface area contributed by atoms with Gasteiger partial charge in [0.1, 0.15) is 11.6 Å². The van der Waals surface area contributed by atoms with Gasteiger partial charge in [-0.25, -0.2) is 9.67 Å². The Morgan fingerprint density at radius 2 is 2.25 bits per heavy atom. The monoisotopic (exact) mass is 377 g/mol. The molecular formula is C20H19N5O3. The van der Waals surface area contributed by atoms with Crippen molar-refractivity contribution in [1.29, 1.82) is 0 Å². The highest BCUT2D eigenvalue weighted by Gasteiger charge is 2.38. The first-order valence-electron chi connectivity index (χ1n) is 8.70. The average Bonchev–Trinajstić information content (AvgIpc) is 3.42. The summed E-state index contributed by atoms with van der Waals surface area (Å²) in [7, 11) is 1.59. The summed E-state index contributed by atoms with van der Waals surface area (Å²) in [4.78, 5) is 17.3. The molecule has 1 atom stereocenters. The quantitative estimate of drug-likeness (QED) is 0.686. The number of aliphatic imine (C=N–C) groups is 1. The van der Waals surface area contributed by atoms with Crippen LogP contribution in [0.3, 0.4) is 0 Å². The highest BCUT2D eigenvalue weighted by atomic mass is 16.5. The standard InChI is InChI=1S/C20H19N5O3/c1-27-16-6-2-5-15(13-16)14-19(26)24-20(17-7-3-12-28-17)21-10-8-18(23-20)25-11-4-9-22-25/h2-13,23H,14H2,1H3,(H,24,26). The molecule has 142 valence electrons. The second-order valence-corrected chi connectivity index (χ2v) is 6.17. The molecule has 8 heteroatoms. The second-order valence-electron chi connectivity index (χ2n) is 6.17. The predicted octanol–water partition coefficient (Wildman–Crippen LogP) is 2.13. The number of furan rings is 1. The number of aromatic nitrogens is 2. The minimum Gasteiger partial charge on any atom is -0.497 e. The zero-order chi connectivity index (χ0) is 19.4. The molecule has 1 aliphatic heterocycles.